The molecular formula is C21H17N3O4. The van der Waals surface area contributed by atoms with Crippen LogP contribution >= 0.6 is 0 Å². The van der Waals surface area contributed by atoms with Gasteiger partial charge in [-0.1, -0.05) is 24.3 Å². The van der Waals surface area contributed by atoms with E-state index < -0.39 is 11.1 Å². The number of anilines is 2. The first-order valence-electron chi connectivity index (χ1n) is 8.66. The van der Waals surface area contributed by atoms with E-state index in [9.17, 15) is 14.9 Å². The van der Waals surface area contributed by atoms with Gasteiger partial charge in [0.1, 0.15) is 11.9 Å². The Morgan fingerprint density at radius 2 is 1.79 bits per heavy atom. The first-order chi connectivity index (χ1) is 13.6. The average molecular weight is 375 g/mol. The molecule has 140 valence electrons. The van der Waals surface area contributed by atoms with Gasteiger partial charge >= 0.3 is 0 Å². The maximum Gasteiger partial charge on any atom is 0.269 e. The highest BCUT2D eigenvalue weighted by Gasteiger charge is 2.34. The Balaban J connectivity index is 1.84. The second-order valence-electron chi connectivity index (χ2n) is 6.32. The molecule has 1 N–H and O–H groups in total. The number of methoxy groups -OCH3 is 1. The second-order valence-corrected chi connectivity index (χ2v) is 6.32. The van der Waals surface area contributed by atoms with Gasteiger partial charge < -0.3 is 10.1 Å². The first kappa shape index (κ1) is 17.5. The zero-order valence-corrected chi connectivity index (χ0v) is 15.0. The van der Waals surface area contributed by atoms with Crippen LogP contribution in [0.3, 0.4) is 0 Å². The van der Waals surface area contributed by atoms with Gasteiger partial charge in [-0.15, -0.1) is 0 Å². The van der Waals surface area contributed by atoms with Crippen molar-refractivity contribution in [3.05, 3.63) is 94.0 Å². The molecule has 0 unspecified atom stereocenters. The summed E-state index contributed by atoms with van der Waals surface area (Å²) in [4.78, 5) is 25.7. The molecule has 0 aromatic heterocycles. The van der Waals surface area contributed by atoms with Crippen LogP contribution in [0.4, 0.5) is 17.1 Å². The summed E-state index contributed by atoms with van der Waals surface area (Å²) in [6.45, 7) is 0. The van der Waals surface area contributed by atoms with Crippen molar-refractivity contribution in [3.8, 4) is 5.75 Å². The van der Waals surface area contributed by atoms with E-state index in [0.717, 1.165) is 0 Å². The monoisotopic (exact) mass is 375 g/mol. The summed E-state index contributed by atoms with van der Waals surface area (Å²) in [7, 11) is 1.57. The fourth-order valence-electron chi connectivity index (χ4n) is 3.30. The molecule has 3 aromatic rings. The van der Waals surface area contributed by atoms with Gasteiger partial charge in [-0.3, -0.25) is 19.8 Å². The molecule has 0 radical (unpaired) electrons. The fourth-order valence-corrected chi connectivity index (χ4v) is 3.30. The van der Waals surface area contributed by atoms with Crippen LogP contribution in [0.2, 0.25) is 0 Å². The zero-order chi connectivity index (χ0) is 19.7. The summed E-state index contributed by atoms with van der Waals surface area (Å²) >= 11 is 0. The summed E-state index contributed by atoms with van der Waals surface area (Å²) in [5.74, 6) is 0.490. The maximum atomic E-state index is 13.3. The lowest BCUT2D eigenvalue weighted by Crippen LogP contribution is -2.43. The summed E-state index contributed by atoms with van der Waals surface area (Å²) in [6.07, 6.45) is -0.587. The van der Waals surface area contributed by atoms with E-state index in [1.54, 1.807) is 60.5 Å². The molecule has 1 heterocycles. The average Bonchev–Trinajstić information content (AvgIpc) is 2.74. The number of non-ortho nitro benzene ring substituents is 1. The molecule has 7 nitrogen and oxygen atoms in total. The van der Waals surface area contributed by atoms with Crippen molar-refractivity contribution in [1.29, 1.82) is 0 Å². The van der Waals surface area contributed by atoms with Crippen molar-refractivity contribution in [2.24, 2.45) is 0 Å². The molecule has 7 heteroatoms. The zero-order valence-electron chi connectivity index (χ0n) is 15.0. The van der Waals surface area contributed by atoms with E-state index in [4.69, 9.17) is 4.74 Å². The van der Waals surface area contributed by atoms with Crippen LogP contribution in [0.15, 0.2) is 72.8 Å². The number of nitrogens with zero attached hydrogens (tertiary/aromatic N) is 2. The van der Waals surface area contributed by atoms with Crippen molar-refractivity contribution in [2.75, 3.05) is 17.3 Å². The van der Waals surface area contributed by atoms with E-state index in [1.807, 2.05) is 12.1 Å². The van der Waals surface area contributed by atoms with E-state index in [1.165, 1.54) is 12.1 Å². The number of hydrogen-bond donors (Lipinski definition) is 1. The smallest absolute Gasteiger partial charge is 0.269 e. The van der Waals surface area contributed by atoms with Crippen molar-refractivity contribution in [1.82, 2.24) is 0 Å². The molecule has 0 fully saturated rings. The number of amides is 1. The van der Waals surface area contributed by atoms with Crippen molar-refractivity contribution < 1.29 is 14.5 Å². The predicted octanol–water partition coefficient (Wildman–Crippen LogP) is 4.37. The molecular weight excluding hydrogens is 358 g/mol. The highest BCUT2D eigenvalue weighted by molar-refractivity contribution is 6.12. The second kappa shape index (κ2) is 7.03. The highest BCUT2D eigenvalue weighted by Crippen LogP contribution is 2.37. The van der Waals surface area contributed by atoms with Gasteiger partial charge in [0, 0.05) is 29.1 Å². The summed E-state index contributed by atoms with van der Waals surface area (Å²) in [5.41, 5.74) is 2.48. The molecule has 0 saturated carbocycles. The van der Waals surface area contributed by atoms with Crippen molar-refractivity contribution in [3.63, 3.8) is 0 Å². The van der Waals surface area contributed by atoms with Gasteiger partial charge in [-0.05, 0) is 36.4 Å². The number of rotatable bonds is 4. The number of benzene rings is 3. The molecule has 1 aliphatic rings. The minimum absolute atomic E-state index is 0.0275. The van der Waals surface area contributed by atoms with Gasteiger partial charge in [0.15, 0.2) is 0 Å². The number of hydrogen-bond acceptors (Lipinski definition) is 5. The van der Waals surface area contributed by atoms with Crippen LogP contribution in [-0.4, -0.2) is 17.9 Å². The normalized spacial score (nSPS) is 15.5. The van der Waals surface area contributed by atoms with Gasteiger partial charge in [0.25, 0.3) is 11.6 Å². The number of nitrogens with one attached hydrogen (secondary N) is 1. The predicted molar refractivity (Wildman–Crippen MR) is 106 cm³/mol. The van der Waals surface area contributed by atoms with E-state index >= 15 is 0 Å². The minimum Gasteiger partial charge on any atom is -0.497 e. The standard InChI is InChI=1S/C21H17N3O4/c1-28-17-11-9-15(10-12-17)23-20(14-5-4-6-16(13-14)24(26)27)22-19-8-3-2-7-18(19)21(23)25/h2-13,20,22H,1H3/t20-/m0/s1. The Hall–Kier alpha value is -3.87. The topological polar surface area (TPSA) is 84.7 Å². The summed E-state index contributed by atoms with van der Waals surface area (Å²) in [6, 6.07) is 20.6. The molecule has 4 rings (SSSR count). The molecule has 0 aliphatic carbocycles. The lowest BCUT2D eigenvalue weighted by Gasteiger charge is -2.38. The number of nitro benzene ring substituents is 1. The number of para-hydroxylation sites is 1. The fraction of sp³-hybridized carbons (Fsp3) is 0.0952. The van der Waals surface area contributed by atoms with Crippen molar-refractivity contribution >= 4 is 23.0 Å². The van der Waals surface area contributed by atoms with Gasteiger partial charge in [0.2, 0.25) is 0 Å². The SMILES string of the molecule is COc1ccc(N2C(=O)c3ccccc3N[C@@H]2c2cccc([N+](=O)[O-])c2)cc1. The van der Waals surface area contributed by atoms with Crippen LogP contribution in [0.5, 0.6) is 5.75 Å². The van der Waals surface area contributed by atoms with Crippen LogP contribution in [-0.2, 0) is 0 Å². The maximum absolute atomic E-state index is 13.3. The van der Waals surface area contributed by atoms with E-state index in [0.29, 0.717) is 28.3 Å². The third-order valence-corrected chi connectivity index (χ3v) is 4.67. The lowest BCUT2D eigenvalue weighted by molar-refractivity contribution is -0.384. The largest absolute Gasteiger partial charge is 0.497 e. The quantitative estimate of drug-likeness (QED) is 0.540. The Morgan fingerprint density at radius 3 is 2.50 bits per heavy atom. The van der Waals surface area contributed by atoms with Gasteiger partial charge in [0.05, 0.1) is 17.6 Å². The molecule has 1 atom stereocenters. The molecule has 0 bridgehead atoms. The van der Waals surface area contributed by atoms with Crippen LogP contribution < -0.4 is 15.0 Å². The molecule has 1 aliphatic heterocycles. The van der Waals surface area contributed by atoms with Crippen LogP contribution in [0, 0.1) is 10.1 Å². The molecule has 0 saturated heterocycles. The Labute approximate surface area is 161 Å². The van der Waals surface area contributed by atoms with Crippen molar-refractivity contribution in [2.45, 2.75) is 6.17 Å². The first-order valence-corrected chi connectivity index (χ1v) is 8.66. The summed E-state index contributed by atoms with van der Waals surface area (Å²) < 4.78 is 5.20. The van der Waals surface area contributed by atoms with E-state index in [2.05, 4.69) is 5.32 Å². The van der Waals surface area contributed by atoms with Gasteiger partial charge in [-0.2, -0.15) is 0 Å². The third kappa shape index (κ3) is 3.03. The number of fused-ring (bicyclic) bond motifs is 1. The molecule has 3 aromatic carbocycles. The number of nitro groups is 1. The molecule has 0 spiro atoms. The third-order valence-electron chi connectivity index (χ3n) is 4.67. The number of carbonyl (C=O) groups is 1. The Kier molecular flexibility index (Phi) is 4.41. The Morgan fingerprint density at radius 1 is 1.04 bits per heavy atom. The van der Waals surface area contributed by atoms with E-state index in [-0.39, 0.29) is 11.6 Å². The summed E-state index contributed by atoms with van der Waals surface area (Å²) in [5, 5.41) is 14.5. The van der Waals surface area contributed by atoms with Crippen LogP contribution in [0.25, 0.3) is 0 Å². The lowest BCUT2D eigenvalue weighted by atomic mass is 10.0. The Bertz CT molecular complexity index is 1050. The number of ether oxygens (including phenoxy) is 1. The number of carbonyl (C=O) groups excluding carboxylic acids is 1. The highest BCUT2D eigenvalue weighted by atomic mass is 16.6. The minimum atomic E-state index is -0.587. The van der Waals surface area contributed by atoms with Crippen LogP contribution in [0.1, 0.15) is 22.1 Å². The molecule has 1 amide bonds. The molecule has 28 heavy (non-hydrogen) atoms. The van der Waals surface area contributed by atoms with Gasteiger partial charge in [-0.25, -0.2) is 0 Å².